The molecule has 0 spiro atoms. The lowest BCUT2D eigenvalue weighted by Gasteiger charge is -2.06. The van der Waals surface area contributed by atoms with Gasteiger partial charge in [0.2, 0.25) is 0 Å². The zero-order valence-electron chi connectivity index (χ0n) is 15.9. The van der Waals surface area contributed by atoms with Gasteiger partial charge in [-0.3, -0.25) is 19.3 Å². The normalized spacial score (nSPS) is 10.9. The largest absolute Gasteiger partial charge is 0.490 e. The summed E-state index contributed by atoms with van der Waals surface area (Å²) < 4.78 is 19.9. The number of ether oxygens (including phenoxy) is 1. The molecule has 0 aliphatic rings. The van der Waals surface area contributed by atoms with Crippen molar-refractivity contribution in [2.24, 2.45) is 0 Å². The molecule has 2 heterocycles. The van der Waals surface area contributed by atoms with Crippen LogP contribution in [-0.2, 0) is 0 Å². The fraction of sp³-hybridized carbons (Fsp3) is 0.100. The second-order valence-electron chi connectivity index (χ2n) is 6.40. The highest BCUT2D eigenvalue weighted by Gasteiger charge is 2.20. The molecule has 1 amide bonds. The van der Waals surface area contributed by atoms with Gasteiger partial charge < -0.3 is 10.1 Å². The van der Waals surface area contributed by atoms with E-state index < -0.39 is 10.8 Å². The molecule has 4 rings (SSSR count). The van der Waals surface area contributed by atoms with Crippen LogP contribution in [0.15, 0.2) is 48.7 Å². The molecule has 0 unspecified atom stereocenters. The number of thiazole rings is 1. The minimum absolute atomic E-state index is 0.108. The second kappa shape index (κ2) is 7.56. The molecule has 0 radical (unpaired) electrons. The van der Waals surface area contributed by atoms with Crippen LogP contribution in [-0.4, -0.2) is 27.3 Å². The maximum absolute atomic E-state index is 13.1. The maximum atomic E-state index is 13.1. The molecule has 0 aliphatic carbocycles. The Hall–Kier alpha value is -3.79. The van der Waals surface area contributed by atoms with Crippen molar-refractivity contribution < 1.29 is 18.8 Å². The van der Waals surface area contributed by atoms with Crippen LogP contribution >= 0.6 is 11.3 Å². The Kier molecular flexibility index (Phi) is 4.92. The number of imidazole rings is 1. The molecular weight excluding hydrogens is 411 g/mol. The van der Waals surface area contributed by atoms with Gasteiger partial charge in [-0.2, -0.15) is 0 Å². The molecule has 0 saturated heterocycles. The van der Waals surface area contributed by atoms with E-state index in [1.54, 1.807) is 29.7 Å². The number of nitrogens with one attached hydrogen (secondary N) is 1. The molecule has 0 atom stereocenters. The van der Waals surface area contributed by atoms with Crippen molar-refractivity contribution in [3.05, 3.63) is 75.2 Å². The molecule has 2 aromatic heterocycles. The van der Waals surface area contributed by atoms with Crippen LogP contribution in [0.3, 0.4) is 0 Å². The number of carbonyl (C=O) groups is 1. The number of hydrogen-bond donors (Lipinski definition) is 1. The summed E-state index contributed by atoms with van der Waals surface area (Å²) in [7, 11) is 1.34. The molecule has 1 N–H and O–H groups in total. The van der Waals surface area contributed by atoms with E-state index in [-0.39, 0.29) is 22.9 Å². The first-order valence-electron chi connectivity index (χ1n) is 8.75. The van der Waals surface area contributed by atoms with Crippen LogP contribution in [0.25, 0.3) is 16.2 Å². The summed E-state index contributed by atoms with van der Waals surface area (Å²) in [4.78, 5) is 28.9. The number of rotatable bonds is 5. The third kappa shape index (κ3) is 3.48. The second-order valence-corrected chi connectivity index (χ2v) is 7.38. The van der Waals surface area contributed by atoms with Crippen molar-refractivity contribution in [2.45, 2.75) is 6.92 Å². The molecule has 0 saturated carbocycles. The predicted octanol–water partition coefficient (Wildman–Crippen LogP) is 4.68. The highest BCUT2D eigenvalue weighted by atomic mass is 32.1. The molecular formula is C20H15FN4O4S. The Balaban J connectivity index is 1.62. The van der Waals surface area contributed by atoms with E-state index in [4.69, 9.17) is 4.74 Å². The molecule has 0 fully saturated rings. The number of anilines is 1. The first-order chi connectivity index (χ1) is 14.4. The summed E-state index contributed by atoms with van der Waals surface area (Å²) in [6, 6.07) is 10.2. The summed E-state index contributed by atoms with van der Waals surface area (Å²) in [5, 5.41) is 13.9. The molecule has 30 heavy (non-hydrogen) atoms. The van der Waals surface area contributed by atoms with E-state index in [0.717, 1.165) is 5.56 Å². The number of fused-ring (bicyclic) bond motifs is 1. The Morgan fingerprint density at radius 2 is 2.00 bits per heavy atom. The quantitative estimate of drug-likeness (QED) is 0.369. The molecule has 152 valence electrons. The fourth-order valence-corrected chi connectivity index (χ4v) is 4.02. The van der Waals surface area contributed by atoms with Gasteiger partial charge in [0.25, 0.3) is 5.91 Å². The van der Waals surface area contributed by atoms with Crippen molar-refractivity contribution in [1.29, 1.82) is 0 Å². The standard InChI is InChI=1S/C20H15FN4O4S/c1-11-18(19(26)22-14-7-8-17(29-2)16(9-14)25(27)28)30-20-23-15(10-24(11)20)12-3-5-13(21)6-4-12/h3-10H,1-2H3,(H,22,26). The van der Waals surface area contributed by atoms with Gasteiger partial charge in [-0.15, -0.1) is 0 Å². The van der Waals surface area contributed by atoms with Crippen molar-refractivity contribution in [1.82, 2.24) is 9.38 Å². The highest BCUT2D eigenvalue weighted by Crippen LogP contribution is 2.31. The van der Waals surface area contributed by atoms with Crippen molar-refractivity contribution >= 4 is 33.6 Å². The zero-order valence-corrected chi connectivity index (χ0v) is 16.7. The smallest absolute Gasteiger partial charge is 0.312 e. The fourth-order valence-electron chi connectivity index (χ4n) is 3.02. The molecule has 10 heteroatoms. The van der Waals surface area contributed by atoms with Crippen molar-refractivity contribution in [3.63, 3.8) is 0 Å². The minimum atomic E-state index is -0.573. The summed E-state index contributed by atoms with van der Waals surface area (Å²) in [6.07, 6.45) is 1.78. The number of benzene rings is 2. The van der Waals surface area contributed by atoms with Gasteiger partial charge in [0.15, 0.2) is 10.7 Å². The van der Waals surface area contributed by atoms with Gasteiger partial charge in [-0.05, 0) is 43.3 Å². The topological polar surface area (TPSA) is 98.8 Å². The molecule has 0 bridgehead atoms. The average Bonchev–Trinajstić information content (AvgIpc) is 3.28. The maximum Gasteiger partial charge on any atom is 0.312 e. The monoisotopic (exact) mass is 426 g/mol. The minimum Gasteiger partial charge on any atom is -0.490 e. The molecule has 4 aromatic rings. The lowest BCUT2D eigenvalue weighted by atomic mass is 10.2. The van der Waals surface area contributed by atoms with E-state index >= 15 is 0 Å². The number of aromatic nitrogens is 2. The molecule has 8 nitrogen and oxygen atoms in total. The van der Waals surface area contributed by atoms with Gasteiger partial charge in [-0.25, -0.2) is 9.37 Å². The SMILES string of the molecule is COc1ccc(NC(=O)c2sc3nc(-c4ccc(F)cc4)cn3c2C)cc1[N+](=O)[O-]. The lowest BCUT2D eigenvalue weighted by molar-refractivity contribution is -0.385. The van der Waals surface area contributed by atoms with Crippen molar-refractivity contribution in [3.8, 4) is 17.0 Å². The third-order valence-corrected chi connectivity index (χ3v) is 5.69. The van der Waals surface area contributed by atoms with Gasteiger partial charge >= 0.3 is 5.69 Å². The van der Waals surface area contributed by atoms with Crippen molar-refractivity contribution in [2.75, 3.05) is 12.4 Å². The van der Waals surface area contributed by atoms with E-state index in [1.807, 2.05) is 0 Å². The first kappa shape index (κ1) is 19.5. The van der Waals surface area contributed by atoms with Gasteiger partial charge in [-0.1, -0.05) is 11.3 Å². The van der Waals surface area contributed by atoms with Crippen LogP contribution in [0.4, 0.5) is 15.8 Å². The lowest BCUT2D eigenvalue weighted by Crippen LogP contribution is -2.12. The summed E-state index contributed by atoms with van der Waals surface area (Å²) in [5.74, 6) is -0.614. The number of halogens is 1. The Bertz CT molecular complexity index is 1280. The summed E-state index contributed by atoms with van der Waals surface area (Å²) in [6.45, 7) is 1.78. The number of hydrogen-bond acceptors (Lipinski definition) is 6. The molecule has 2 aromatic carbocycles. The Morgan fingerprint density at radius 3 is 2.63 bits per heavy atom. The van der Waals surface area contributed by atoms with E-state index in [2.05, 4.69) is 10.3 Å². The number of aryl methyl sites for hydroxylation is 1. The summed E-state index contributed by atoms with van der Waals surface area (Å²) in [5.41, 5.74) is 2.16. The van der Waals surface area contributed by atoms with Crippen LogP contribution in [0.1, 0.15) is 15.4 Å². The van der Waals surface area contributed by atoms with Gasteiger partial charge in [0.05, 0.1) is 17.7 Å². The van der Waals surface area contributed by atoms with Crippen LogP contribution in [0.5, 0.6) is 5.75 Å². The van der Waals surface area contributed by atoms with E-state index in [1.165, 1.54) is 48.8 Å². The zero-order chi connectivity index (χ0) is 21.4. The predicted molar refractivity (Wildman–Crippen MR) is 111 cm³/mol. The number of methoxy groups -OCH3 is 1. The van der Waals surface area contributed by atoms with E-state index in [0.29, 0.717) is 21.2 Å². The average molecular weight is 426 g/mol. The number of nitro groups is 1. The Labute approximate surface area is 173 Å². The summed E-state index contributed by atoms with van der Waals surface area (Å²) >= 11 is 1.20. The van der Waals surface area contributed by atoms with Crippen LogP contribution in [0, 0.1) is 22.9 Å². The number of nitro benzene ring substituents is 1. The van der Waals surface area contributed by atoms with Gasteiger partial charge in [0.1, 0.15) is 10.7 Å². The number of carbonyl (C=O) groups excluding carboxylic acids is 1. The number of nitrogens with zero attached hydrogens (tertiary/aromatic N) is 3. The molecule has 0 aliphatic heterocycles. The first-order valence-corrected chi connectivity index (χ1v) is 9.57. The van der Waals surface area contributed by atoms with Gasteiger partial charge in [0, 0.05) is 29.2 Å². The van der Waals surface area contributed by atoms with Crippen LogP contribution in [0.2, 0.25) is 0 Å². The number of amides is 1. The Morgan fingerprint density at radius 1 is 1.27 bits per heavy atom. The van der Waals surface area contributed by atoms with E-state index in [9.17, 15) is 19.3 Å². The van der Waals surface area contributed by atoms with Crippen LogP contribution < -0.4 is 10.1 Å². The highest BCUT2D eigenvalue weighted by molar-refractivity contribution is 7.19. The third-order valence-electron chi connectivity index (χ3n) is 4.54.